The molecule has 0 aliphatic carbocycles. The number of anilines is 1. The molecule has 7 heteroatoms. The molecular weight excluding hydrogens is 354 g/mol. The zero-order valence-corrected chi connectivity index (χ0v) is 15.5. The van der Waals surface area contributed by atoms with E-state index in [0.717, 1.165) is 5.56 Å². The average Bonchev–Trinajstić information content (AvgIpc) is 3.37. The molecule has 0 spiro atoms. The van der Waals surface area contributed by atoms with Crippen LogP contribution in [0.4, 0.5) is 5.82 Å². The van der Waals surface area contributed by atoms with Gasteiger partial charge < -0.3 is 10.2 Å². The van der Waals surface area contributed by atoms with E-state index in [0.29, 0.717) is 34.2 Å². The summed E-state index contributed by atoms with van der Waals surface area (Å²) in [4.78, 5) is 17.0. The fourth-order valence-corrected chi connectivity index (χ4v) is 3.01. The average molecular weight is 373 g/mol. The highest BCUT2D eigenvalue weighted by molar-refractivity contribution is 5.75. The molecule has 0 unspecified atom stereocenters. The number of nitrogens with two attached hydrogens (primary N) is 1. The third kappa shape index (κ3) is 3.03. The summed E-state index contributed by atoms with van der Waals surface area (Å²) >= 11 is 0. The van der Waals surface area contributed by atoms with Gasteiger partial charge in [0.1, 0.15) is 17.2 Å². The van der Waals surface area contributed by atoms with Crippen LogP contribution in [0.5, 0.6) is 0 Å². The number of furan rings is 1. The first kappa shape index (κ1) is 17.5. The Morgan fingerprint density at radius 2 is 2.04 bits per heavy atom. The lowest BCUT2D eigenvalue weighted by Gasteiger charge is -2.09. The van der Waals surface area contributed by atoms with Crippen LogP contribution in [-0.2, 0) is 7.05 Å². The predicted molar refractivity (Wildman–Crippen MR) is 110 cm³/mol. The summed E-state index contributed by atoms with van der Waals surface area (Å²) in [5.41, 5.74) is 8.95. The molecule has 0 bridgehead atoms. The summed E-state index contributed by atoms with van der Waals surface area (Å²) in [5.74, 6) is 1.10. The first-order valence-electron chi connectivity index (χ1n) is 8.77. The molecule has 0 aliphatic rings. The van der Waals surface area contributed by atoms with E-state index in [1.165, 1.54) is 0 Å². The number of aryl methyl sites for hydroxylation is 1. The molecule has 0 aliphatic heterocycles. The van der Waals surface area contributed by atoms with Gasteiger partial charge >= 0.3 is 0 Å². The smallest absolute Gasteiger partial charge is 0.261 e. The van der Waals surface area contributed by atoms with Gasteiger partial charge in [0.05, 0.1) is 17.5 Å². The van der Waals surface area contributed by atoms with Crippen molar-refractivity contribution in [1.29, 1.82) is 0 Å². The number of pyridine rings is 1. The van der Waals surface area contributed by atoms with Crippen molar-refractivity contribution in [3.05, 3.63) is 76.0 Å². The number of allylic oxidation sites excluding steroid dienone is 1. The van der Waals surface area contributed by atoms with E-state index in [4.69, 9.17) is 10.2 Å². The number of hydrogen-bond acceptors (Lipinski definition) is 5. The zero-order valence-electron chi connectivity index (χ0n) is 15.5. The van der Waals surface area contributed by atoms with Gasteiger partial charge in [-0.2, -0.15) is 5.10 Å². The van der Waals surface area contributed by atoms with Crippen LogP contribution in [0.25, 0.3) is 35.3 Å². The Morgan fingerprint density at radius 3 is 2.71 bits per heavy atom. The Hall–Kier alpha value is -3.87. The van der Waals surface area contributed by atoms with E-state index in [2.05, 4.69) is 10.1 Å². The Kier molecular flexibility index (Phi) is 4.41. The first-order valence-corrected chi connectivity index (χ1v) is 8.77. The normalized spacial score (nSPS) is 11.9. The maximum atomic E-state index is 12.9. The quantitative estimate of drug-likeness (QED) is 0.591. The molecule has 140 valence electrons. The van der Waals surface area contributed by atoms with Crippen molar-refractivity contribution in [2.24, 2.45) is 7.05 Å². The summed E-state index contributed by atoms with van der Waals surface area (Å²) in [6.45, 7) is 1.87. The number of aromatic nitrogens is 4. The number of hydrogen-bond donors (Lipinski definition) is 1. The lowest BCUT2D eigenvalue weighted by Crippen LogP contribution is -2.23. The summed E-state index contributed by atoms with van der Waals surface area (Å²) < 4.78 is 8.79. The van der Waals surface area contributed by atoms with Crippen molar-refractivity contribution < 1.29 is 4.42 Å². The summed E-state index contributed by atoms with van der Waals surface area (Å²) in [6.07, 6.45) is 10.6. The number of rotatable bonds is 4. The highest BCUT2D eigenvalue weighted by Crippen LogP contribution is 2.22. The Labute approximate surface area is 161 Å². The Bertz CT molecular complexity index is 1240. The third-order valence-electron chi connectivity index (χ3n) is 4.42. The standard InChI is InChI=1S/C21H19N5O2/c1-3-5-15-17(9-7-14-8-10-19(22)23-13-14)26-20(25(2)21(15)27)12-16(24-26)18-6-4-11-28-18/h3-13H,1-2H3,(H2,22,23)/b5-3-,9-7+. The molecule has 0 fully saturated rings. The first-order chi connectivity index (χ1) is 13.6. The molecule has 0 aromatic carbocycles. The van der Waals surface area contributed by atoms with E-state index in [1.807, 2.05) is 43.4 Å². The molecule has 28 heavy (non-hydrogen) atoms. The highest BCUT2D eigenvalue weighted by Gasteiger charge is 2.16. The minimum Gasteiger partial charge on any atom is -0.463 e. The fourth-order valence-electron chi connectivity index (χ4n) is 3.01. The lowest BCUT2D eigenvalue weighted by molar-refractivity contribution is 0.579. The molecular formula is C21H19N5O2. The highest BCUT2D eigenvalue weighted by atomic mass is 16.3. The second-order valence-electron chi connectivity index (χ2n) is 6.29. The maximum absolute atomic E-state index is 12.9. The van der Waals surface area contributed by atoms with Gasteiger partial charge in [-0.05, 0) is 42.8 Å². The van der Waals surface area contributed by atoms with Crippen molar-refractivity contribution in [3.63, 3.8) is 0 Å². The predicted octanol–water partition coefficient (Wildman–Crippen LogP) is 3.47. The largest absolute Gasteiger partial charge is 0.463 e. The second-order valence-corrected chi connectivity index (χ2v) is 6.29. The third-order valence-corrected chi connectivity index (χ3v) is 4.42. The zero-order chi connectivity index (χ0) is 19.7. The SMILES string of the molecule is C/C=C\c1c(/C=C/c2ccc(N)nc2)n2nc(-c3ccco3)cc2n(C)c1=O. The molecule has 4 aromatic heterocycles. The summed E-state index contributed by atoms with van der Waals surface area (Å²) in [7, 11) is 1.73. The lowest BCUT2D eigenvalue weighted by atomic mass is 10.1. The van der Waals surface area contributed by atoms with E-state index in [9.17, 15) is 4.79 Å². The van der Waals surface area contributed by atoms with Gasteiger partial charge in [-0.25, -0.2) is 9.50 Å². The molecule has 0 saturated heterocycles. The van der Waals surface area contributed by atoms with Crippen LogP contribution in [0, 0.1) is 0 Å². The van der Waals surface area contributed by atoms with Crippen LogP contribution in [0.3, 0.4) is 0 Å². The Balaban J connectivity index is 1.95. The van der Waals surface area contributed by atoms with Gasteiger partial charge in [-0.1, -0.05) is 18.2 Å². The molecule has 0 atom stereocenters. The van der Waals surface area contributed by atoms with Gasteiger partial charge in [0.2, 0.25) is 0 Å². The van der Waals surface area contributed by atoms with Crippen molar-refractivity contribution in [1.82, 2.24) is 19.2 Å². The van der Waals surface area contributed by atoms with E-state index in [1.54, 1.807) is 46.8 Å². The molecule has 2 N–H and O–H groups in total. The monoisotopic (exact) mass is 373 g/mol. The fraction of sp³-hybridized carbons (Fsp3) is 0.0952. The van der Waals surface area contributed by atoms with Gasteiger partial charge in [-0.15, -0.1) is 0 Å². The number of fused-ring (bicyclic) bond motifs is 1. The molecule has 0 saturated carbocycles. The van der Waals surface area contributed by atoms with Crippen LogP contribution in [0.1, 0.15) is 23.7 Å². The molecule has 0 amide bonds. The minimum atomic E-state index is -0.105. The van der Waals surface area contributed by atoms with Crippen molar-refractivity contribution in [3.8, 4) is 11.5 Å². The van der Waals surface area contributed by atoms with Crippen LogP contribution in [0.2, 0.25) is 0 Å². The topological polar surface area (TPSA) is 91.3 Å². The van der Waals surface area contributed by atoms with Gasteiger partial charge in [0.25, 0.3) is 5.56 Å². The van der Waals surface area contributed by atoms with Crippen LogP contribution in [0.15, 0.2) is 58.1 Å². The van der Waals surface area contributed by atoms with Crippen LogP contribution < -0.4 is 11.3 Å². The Morgan fingerprint density at radius 1 is 1.18 bits per heavy atom. The van der Waals surface area contributed by atoms with Crippen LogP contribution in [-0.4, -0.2) is 19.2 Å². The molecule has 4 heterocycles. The second kappa shape index (κ2) is 7.03. The van der Waals surface area contributed by atoms with Crippen LogP contribution >= 0.6 is 0 Å². The summed E-state index contributed by atoms with van der Waals surface area (Å²) in [6, 6.07) is 9.07. The van der Waals surface area contributed by atoms with Crippen molar-refractivity contribution in [2.45, 2.75) is 6.92 Å². The minimum absolute atomic E-state index is 0.105. The summed E-state index contributed by atoms with van der Waals surface area (Å²) in [5, 5.41) is 4.67. The molecule has 7 nitrogen and oxygen atoms in total. The van der Waals surface area contributed by atoms with Gasteiger partial charge in [0, 0.05) is 19.3 Å². The maximum Gasteiger partial charge on any atom is 0.261 e. The van der Waals surface area contributed by atoms with E-state index in [-0.39, 0.29) is 5.56 Å². The van der Waals surface area contributed by atoms with Crippen molar-refractivity contribution >= 4 is 29.7 Å². The van der Waals surface area contributed by atoms with Gasteiger partial charge in [-0.3, -0.25) is 9.36 Å². The number of nitrogen functional groups attached to an aromatic ring is 1. The van der Waals surface area contributed by atoms with E-state index >= 15 is 0 Å². The van der Waals surface area contributed by atoms with E-state index < -0.39 is 0 Å². The molecule has 0 radical (unpaired) electrons. The number of nitrogens with zero attached hydrogens (tertiary/aromatic N) is 4. The molecule has 4 rings (SSSR count). The van der Waals surface area contributed by atoms with Crippen molar-refractivity contribution in [2.75, 3.05) is 5.73 Å². The van der Waals surface area contributed by atoms with Gasteiger partial charge in [0.15, 0.2) is 5.76 Å². The molecule has 4 aromatic rings.